The van der Waals surface area contributed by atoms with Gasteiger partial charge >= 0.3 is 0 Å². The number of carbonyl (C=O) groups is 2. The van der Waals surface area contributed by atoms with Crippen LogP contribution in [-0.4, -0.2) is 17.9 Å². The summed E-state index contributed by atoms with van der Waals surface area (Å²) in [5.74, 6) is -0.388. The summed E-state index contributed by atoms with van der Waals surface area (Å²) < 4.78 is 0. The highest BCUT2D eigenvalue weighted by molar-refractivity contribution is 5.97. The molecule has 2 N–H and O–H groups in total. The number of nitrogens with one attached hydrogen (secondary N) is 2. The van der Waals surface area contributed by atoms with E-state index in [4.69, 9.17) is 0 Å². The monoisotopic (exact) mass is 364 g/mol. The summed E-state index contributed by atoms with van der Waals surface area (Å²) in [5, 5.41) is 5.87. The Kier molecular flexibility index (Phi) is 5.36. The lowest BCUT2D eigenvalue weighted by atomic mass is 9.86. The van der Waals surface area contributed by atoms with E-state index in [-0.39, 0.29) is 23.3 Å². The Morgan fingerprint density at radius 2 is 1.70 bits per heavy atom. The van der Waals surface area contributed by atoms with Gasteiger partial charge in [0, 0.05) is 5.56 Å². The molecule has 2 amide bonds. The number of aryl methyl sites for hydroxylation is 1. The van der Waals surface area contributed by atoms with Gasteiger partial charge in [-0.25, -0.2) is 0 Å². The van der Waals surface area contributed by atoms with E-state index in [1.165, 1.54) is 16.7 Å². The number of benzene rings is 2. The molecule has 0 aliphatic heterocycles. The summed E-state index contributed by atoms with van der Waals surface area (Å²) in [6, 6.07) is 15.2. The number of rotatable bonds is 4. The van der Waals surface area contributed by atoms with E-state index in [0.29, 0.717) is 5.56 Å². The molecule has 0 bridgehead atoms. The first-order valence-corrected chi connectivity index (χ1v) is 9.55. The summed E-state index contributed by atoms with van der Waals surface area (Å²) >= 11 is 0. The highest BCUT2D eigenvalue weighted by atomic mass is 16.2. The Morgan fingerprint density at radius 1 is 1.04 bits per heavy atom. The van der Waals surface area contributed by atoms with Gasteiger partial charge in [0.05, 0.1) is 6.04 Å². The fraction of sp³-hybridized carbons (Fsp3) is 0.391. The van der Waals surface area contributed by atoms with Crippen molar-refractivity contribution in [2.24, 2.45) is 0 Å². The average molecular weight is 364 g/mol. The Labute approximate surface area is 161 Å². The van der Waals surface area contributed by atoms with Crippen LogP contribution in [0.5, 0.6) is 0 Å². The maximum atomic E-state index is 12.5. The number of carbonyl (C=O) groups excluding carboxylic acids is 2. The first-order chi connectivity index (χ1) is 12.8. The van der Waals surface area contributed by atoms with Gasteiger partial charge in [-0.2, -0.15) is 0 Å². The summed E-state index contributed by atoms with van der Waals surface area (Å²) in [4.78, 5) is 25.0. The van der Waals surface area contributed by atoms with Crippen LogP contribution in [0, 0.1) is 0 Å². The van der Waals surface area contributed by atoms with Gasteiger partial charge < -0.3 is 10.6 Å². The zero-order valence-electron chi connectivity index (χ0n) is 16.5. The number of fused-ring (bicyclic) bond motifs is 1. The highest BCUT2D eigenvalue weighted by Gasteiger charge is 2.26. The summed E-state index contributed by atoms with van der Waals surface area (Å²) in [7, 11) is 0. The Balaban J connectivity index is 1.59. The van der Waals surface area contributed by atoms with Crippen molar-refractivity contribution in [2.45, 2.75) is 58.0 Å². The standard InChI is InChI=1S/C23H28N2O2/c1-15(21(26)25-20-14-11-16-7-5-6-8-19(16)20)24-22(27)17-9-12-18(13-10-17)23(2,3)4/h5-10,12-13,15,20H,11,14H2,1-4H3,(H,24,27)(H,25,26). The van der Waals surface area contributed by atoms with Crippen LogP contribution in [0.15, 0.2) is 48.5 Å². The van der Waals surface area contributed by atoms with Crippen molar-refractivity contribution in [3.63, 3.8) is 0 Å². The van der Waals surface area contributed by atoms with Gasteiger partial charge in [-0.05, 0) is 54.0 Å². The van der Waals surface area contributed by atoms with Crippen LogP contribution in [0.3, 0.4) is 0 Å². The normalized spacial score (nSPS) is 17.1. The van der Waals surface area contributed by atoms with E-state index in [9.17, 15) is 9.59 Å². The van der Waals surface area contributed by atoms with Gasteiger partial charge in [0.1, 0.15) is 6.04 Å². The van der Waals surface area contributed by atoms with Gasteiger partial charge in [0.2, 0.25) is 5.91 Å². The molecule has 0 radical (unpaired) electrons. The number of hydrogen-bond donors (Lipinski definition) is 2. The van der Waals surface area contributed by atoms with E-state index < -0.39 is 6.04 Å². The third-order valence-corrected chi connectivity index (χ3v) is 5.20. The molecule has 2 aromatic carbocycles. The van der Waals surface area contributed by atoms with E-state index in [1.54, 1.807) is 6.92 Å². The molecule has 0 saturated carbocycles. The summed E-state index contributed by atoms with van der Waals surface area (Å²) in [6.45, 7) is 8.12. The van der Waals surface area contributed by atoms with Crippen LogP contribution in [0.1, 0.15) is 67.2 Å². The van der Waals surface area contributed by atoms with Crippen molar-refractivity contribution < 1.29 is 9.59 Å². The second kappa shape index (κ2) is 7.55. The van der Waals surface area contributed by atoms with Crippen LogP contribution in [0.4, 0.5) is 0 Å². The Bertz CT molecular complexity index is 834. The average Bonchev–Trinajstić information content (AvgIpc) is 3.04. The lowest BCUT2D eigenvalue weighted by Crippen LogP contribution is -2.45. The van der Waals surface area contributed by atoms with E-state index in [1.807, 2.05) is 36.4 Å². The predicted molar refractivity (Wildman–Crippen MR) is 108 cm³/mol. The van der Waals surface area contributed by atoms with Crippen LogP contribution < -0.4 is 10.6 Å². The molecule has 0 spiro atoms. The smallest absolute Gasteiger partial charge is 0.251 e. The topological polar surface area (TPSA) is 58.2 Å². The summed E-state index contributed by atoms with van der Waals surface area (Å²) in [6.07, 6.45) is 1.88. The fourth-order valence-electron chi connectivity index (χ4n) is 3.47. The highest BCUT2D eigenvalue weighted by Crippen LogP contribution is 2.30. The van der Waals surface area contributed by atoms with Gasteiger partial charge in [-0.1, -0.05) is 57.2 Å². The molecule has 1 aliphatic carbocycles. The van der Waals surface area contributed by atoms with Gasteiger partial charge in [-0.3, -0.25) is 9.59 Å². The fourth-order valence-corrected chi connectivity index (χ4v) is 3.47. The van der Waals surface area contributed by atoms with Crippen molar-refractivity contribution >= 4 is 11.8 Å². The van der Waals surface area contributed by atoms with Crippen LogP contribution in [0.2, 0.25) is 0 Å². The Morgan fingerprint density at radius 3 is 2.37 bits per heavy atom. The van der Waals surface area contributed by atoms with Gasteiger partial charge in [0.15, 0.2) is 0 Å². The largest absolute Gasteiger partial charge is 0.348 e. The van der Waals surface area contributed by atoms with Gasteiger partial charge in [-0.15, -0.1) is 0 Å². The van der Waals surface area contributed by atoms with Crippen LogP contribution in [0.25, 0.3) is 0 Å². The van der Waals surface area contributed by atoms with Crippen molar-refractivity contribution in [1.82, 2.24) is 10.6 Å². The molecule has 0 aromatic heterocycles. The SMILES string of the molecule is CC(NC(=O)c1ccc(C(C)(C)C)cc1)C(=O)NC1CCc2ccccc21. The zero-order chi connectivity index (χ0) is 19.6. The predicted octanol–water partition coefficient (Wildman–Crippen LogP) is 3.91. The second-order valence-electron chi connectivity index (χ2n) is 8.32. The summed E-state index contributed by atoms with van der Waals surface area (Å²) in [5.41, 5.74) is 4.25. The molecular formula is C23H28N2O2. The van der Waals surface area contributed by atoms with Crippen molar-refractivity contribution in [2.75, 3.05) is 0 Å². The molecule has 4 nitrogen and oxygen atoms in total. The lowest BCUT2D eigenvalue weighted by Gasteiger charge is -2.20. The van der Waals surface area contributed by atoms with Gasteiger partial charge in [0.25, 0.3) is 5.91 Å². The quantitative estimate of drug-likeness (QED) is 0.864. The maximum absolute atomic E-state index is 12.5. The lowest BCUT2D eigenvalue weighted by molar-refractivity contribution is -0.123. The molecule has 0 fully saturated rings. The molecule has 27 heavy (non-hydrogen) atoms. The molecule has 2 aromatic rings. The third kappa shape index (κ3) is 4.38. The molecular weight excluding hydrogens is 336 g/mol. The first kappa shape index (κ1) is 19.2. The molecule has 1 aliphatic rings. The van der Waals surface area contributed by atoms with Crippen molar-refractivity contribution in [1.29, 1.82) is 0 Å². The van der Waals surface area contributed by atoms with Crippen molar-refractivity contribution in [3.05, 3.63) is 70.8 Å². The molecule has 0 heterocycles. The number of hydrogen-bond acceptors (Lipinski definition) is 2. The molecule has 4 heteroatoms. The zero-order valence-corrected chi connectivity index (χ0v) is 16.5. The molecule has 142 valence electrons. The molecule has 2 unspecified atom stereocenters. The molecule has 2 atom stereocenters. The van der Waals surface area contributed by atoms with E-state index in [2.05, 4.69) is 43.5 Å². The molecule has 0 saturated heterocycles. The van der Waals surface area contributed by atoms with E-state index >= 15 is 0 Å². The minimum atomic E-state index is -0.590. The minimum absolute atomic E-state index is 0.0270. The minimum Gasteiger partial charge on any atom is -0.348 e. The van der Waals surface area contributed by atoms with Crippen LogP contribution in [-0.2, 0) is 16.6 Å². The van der Waals surface area contributed by atoms with Crippen molar-refractivity contribution in [3.8, 4) is 0 Å². The van der Waals surface area contributed by atoms with E-state index in [0.717, 1.165) is 12.8 Å². The first-order valence-electron chi connectivity index (χ1n) is 9.55. The molecule has 3 rings (SSSR count). The van der Waals surface area contributed by atoms with Crippen LogP contribution >= 0.6 is 0 Å². The maximum Gasteiger partial charge on any atom is 0.251 e. The number of amides is 2. The third-order valence-electron chi connectivity index (χ3n) is 5.20. The second-order valence-corrected chi connectivity index (χ2v) is 8.32. The Hall–Kier alpha value is -2.62.